The molecule has 1 spiro atoms. The zero-order valence-corrected chi connectivity index (χ0v) is 11.1. The third-order valence-corrected chi connectivity index (χ3v) is 4.88. The molecule has 1 N–H and O–H groups in total. The van der Waals surface area contributed by atoms with Gasteiger partial charge in [-0.1, -0.05) is 47.3 Å². The summed E-state index contributed by atoms with van der Waals surface area (Å²) in [5, 5.41) is 3.61. The normalized spacial score (nSPS) is 23.1. The van der Waals surface area contributed by atoms with Crippen LogP contribution in [0.2, 0.25) is 0 Å². The fourth-order valence-corrected chi connectivity index (χ4v) is 4.32. The number of fused-ring (bicyclic) bond motifs is 2. The van der Waals surface area contributed by atoms with Crippen LogP contribution in [0.25, 0.3) is 0 Å². The van der Waals surface area contributed by atoms with Crippen LogP contribution in [0.4, 0.5) is 0 Å². The quantitative estimate of drug-likeness (QED) is 0.763. The second-order valence-electron chi connectivity index (χ2n) is 5.22. The highest BCUT2D eigenvalue weighted by Gasteiger charge is 2.38. The lowest BCUT2D eigenvalue weighted by atomic mass is 9.66. The molecule has 1 aromatic carbocycles. The van der Waals surface area contributed by atoms with E-state index in [0.717, 1.165) is 6.54 Å². The van der Waals surface area contributed by atoms with Crippen LogP contribution in [0, 0.1) is 0 Å². The summed E-state index contributed by atoms with van der Waals surface area (Å²) < 4.78 is 1.33. The van der Waals surface area contributed by atoms with Gasteiger partial charge in [-0.2, -0.15) is 0 Å². The van der Waals surface area contributed by atoms with Crippen molar-refractivity contribution < 1.29 is 0 Å². The maximum absolute atomic E-state index is 3.76. The molecule has 0 aromatic heterocycles. The van der Waals surface area contributed by atoms with Gasteiger partial charge in [0.2, 0.25) is 0 Å². The Labute approximate surface area is 106 Å². The zero-order chi connectivity index (χ0) is 11.0. The fraction of sp³-hybridized carbons (Fsp3) is 0.571. The Morgan fingerprint density at radius 3 is 2.75 bits per heavy atom. The van der Waals surface area contributed by atoms with Crippen molar-refractivity contribution in [3.8, 4) is 0 Å². The van der Waals surface area contributed by atoms with E-state index in [4.69, 9.17) is 0 Å². The molecule has 1 aliphatic heterocycles. The molecular formula is C14H18BrN. The fourth-order valence-electron chi connectivity index (χ4n) is 3.49. The minimum absolute atomic E-state index is 0.423. The molecule has 2 heteroatoms. The minimum atomic E-state index is 0.423. The minimum Gasteiger partial charge on any atom is -0.312 e. The first-order chi connectivity index (χ1) is 7.82. The van der Waals surface area contributed by atoms with E-state index >= 15 is 0 Å². The molecule has 3 rings (SSSR count). The lowest BCUT2D eigenvalue weighted by Gasteiger charge is -2.43. The van der Waals surface area contributed by atoms with Crippen molar-refractivity contribution in [1.29, 1.82) is 0 Å². The maximum atomic E-state index is 3.76. The molecule has 86 valence electrons. The summed E-state index contributed by atoms with van der Waals surface area (Å²) in [4.78, 5) is 0. The average molecular weight is 280 g/mol. The van der Waals surface area contributed by atoms with E-state index in [1.54, 1.807) is 5.56 Å². The van der Waals surface area contributed by atoms with Crippen LogP contribution in [0.5, 0.6) is 0 Å². The van der Waals surface area contributed by atoms with Gasteiger partial charge in [-0.3, -0.25) is 0 Å². The van der Waals surface area contributed by atoms with Gasteiger partial charge in [0, 0.05) is 23.0 Å². The Morgan fingerprint density at radius 2 is 1.94 bits per heavy atom. The van der Waals surface area contributed by atoms with E-state index in [9.17, 15) is 0 Å². The third kappa shape index (κ3) is 1.63. The summed E-state index contributed by atoms with van der Waals surface area (Å²) in [7, 11) is 0. The Balaban J connectivity index is 2.10. The Bertz CT molecular complexity index is 394. The van der Waals surface area contributed by atoms with Gasteiger partial charge in [-0.05, 0) is 30.0 Å². The monoisotopic (exact) mass is 279 g/mol. The Morgan fingerprint density at radius 1 is 1.12 bits per heavy atom. The van der Waals surface area contributed by atoms with Crippen LogP contribution < -0.4 is 5.32 Å². The summed E-state index contributed by atoms with van der Waals surface area (Å²) in [6, 6.07) is 6.65. The van der Waals surface area contributed by atoms with Crippen molar-refractivity contribution in [3.63, 3.8) is 0 Å². The molecule has 2 aliphatic rings. The second kappa shape index (κ2) is 4.15. The molecule has 0 saturated heterocycles. The van der Waals surface area contributed by atoms with Gasteiger partial charge in [0.05, 0.1) is 0 Å². The van der Waals surface area contributed by atoms with Crippen molar-refractivity contribution in [1.82, 2.24) is 5.32 Å². The van der Waals surface area contributed by atoms with Gasteiger partial charge in [0.15, 0.2) is 0 Å². The highest BCUT2D eigenvalue weighted by Crippen LogP contribution is 2.45. The number of halogens is 1. The van der Waals surface area contributed by atoms with Gasteiger partial charge in [-0.25, -0.2) is 0 Å². The van der Waals surface area contributed by atoms with Crippen molar-refractivity contribution in [3.05, 3.63) is 33.8 Å². The van der Waals surface area contributed by atoms with Crippen LogP contribution in [0.15, 0.2) is 22.7 Å². The molecule has 1 saturated carbocycles. The molecule has 1 nitrogen and oxygen atoms in total. The van der Waals surface area contributed by atoms with E-state index in [1.807, 2.05) is 0 Å². The number of hydrogen-bond acceptors (Lipinski definition) is 1. The van der Waals surface area contributed by atoms with Crippen LogP contribution in [0.1, 0.15) is 43.2 Å². The predicted molar refractivity (Wildman–Crippen MR) is 70.6 cm³/mol. The topological polar surface area (TPSA) is 12.0 Å². The molecule has 16 heavy (non-hydrogen) atoms. The molecule has 1 aliphatic carbocycles. The van der Waals surface area contributed by atoms with Crippen molar-refractivity contribution in [2.24, 2.45) is 0 Å². The molecule has 0 unspecified atom stereocenters. The van der Waals surface area contributed by atoms with Crippen LogP contribution >= 0.6 is 15.9 Å². The first-order valence-corrected chi connectivity index (χ1v) is 7.10. The lowest BCUT2D eigenvalue weighted by Crippen LogP contribution is -2.44. The van der Waals surface area contributed by atoms with Crippen LogP contribution in [-0.4, -0.2) is 6.54 Å². The first kappa shape index (κ1) is 10.8. The van der Waals surface area contributed by atoms with Crippen molar-refractivity contribution >= 4 is 15.9 Å². The first-order valence-electron chi connectivity index (χ1n) is 6.30. The van der Waals surface area contributed by atoms with Gasteiger partial charge in [0.25, 0.3) is 0 Å². The maximum Gasteiger partial charge on any atom is 0.0216 e. The van der Waals surface area contributed by atoms with Crippen molar-refractivity contribution in [2.75, 3.05) is 6.54 Å². The highest BCUT2D eigenvalue weighted by atomic mass is 79.9. The number of nitrogens with one attached hydrogen (secondary N) is 1. The summed E-state index contributed by atoms with van der Waals surface area (Å²) in [5.41, 5.74) is 3.53. The standard InChI is InChI=1S/C14H18BrN/c15-12-6-4-5-11-9-16-10-14(13(11)12)7-2-1-3-8-14/h4-6,16H,1-3,7-10H2. The Kier molecular flexibility index (Phi) is 2.80. The highest BCUT2D eigenvalue weighted by molar-refractivity contribution is 9.10. The van der Waals surface area contributed by atoms with Gasteiger partial charge < -0.3 is 5.32 Å². The summed E-state index contributed by atoms with van der Waals surface area (Å²) in [6.07, 6.45) is 6.91. The molecule has 0 bridgehead atoms. The SMILES string of the molecule is Brc1cccc2c1C1(CCCCC1)CNC2. The summed E-state index contributed by atoms with van der Waals surface area (Å²) in [5.74, 6) is 0. The summed E-state index contributed by atoms with van der Waals surface area (Å²) in [6.45, 7) is 2.21. The van der Waals surface area contributed by atoms with Crippen LogP contribution in [0.3, 0.4) is 0 Å². The molecule has 1 fully saturated rings. The molecular weight excluding hydrogens is 262 g/mol. The third-order valence-electron chi connectivity index (χ3n) is 4.22. The number of hydrogen-bond donors (Lipinski definition) is 1. The van der Waals surface area contributed by atoms with Gasteiger partial charge >= 0.3 is 0 Å². The zero-order valence-electron chi connectivity index (χ0n) is 9.56. The molecule has 1 aromatic rings. The van der Waals surface area contributed by atoms with Gasteiger partial charge in [0.1, 0.15) is 0 Å². The average Bonchev–Trinajstić information content (AvgIpc) is 2.30. The lowest BCUT2D eigenvalue weighted by molar-refractivity contribution is 0.263. The smallest absolute Gasteiger partial charge is 0.0216 e. The van der Waals surface area contributed by atoms with E-state index in [1.165, 1.54) is 48.7 Å². The molecule has 1 heterocycles. The molecule has 0 amide bonds. The second-order valence-corrected chi connectivity index (χ2v) is 6.07. The number of benzene rings is 1. The largest absolute Gasteiger partial charge is 0.312 e. The van der Waals surface area contributed by atoms with E-state index in [2.05, 4.69) is 39.4 Å². The Hall–Kier alpha value is -0.340. The van der Waals surface area contributed by atoms with E-state index < -0.39 is 0 Å². The predicted octanol–water partition coefficient (Wildman–Crippen LogP) is 3.75. The molecule has 0 atom stereocenters. The van der Waals surface area contributed by atoms with Gasteiger partial charge in [-0.15, -0.1) is 0 Å². The van der Waals surface area contributed by atoms with Crippen LogP contribution in [-0.2, 0) is 12.0 Å². The van der Waals surface area contributed by atoms with E-state index in [-0.39, 0.29) is 0 Å². The summed E-state index contributed by atoms with van der Waals surface area (Å²) >= 11 is 3.76. The molecule has 0 radical (unpaired) electrons. The number of rotatable bonds is 0. The van der Waals surface area contributed by atoms with E-state index in [0.29, 0.717) is 5.41 Å². The van der Waals surface area contributed by atoms with Crippen molar-refractivity contribution in [2.45, 2.75) is 44.1 Å².